The van der Waals surface area contributed by atoms with Gasteiger partial charge < -0.3 is 10.6 Å². The van der Waals surface area contributed by atoms with Gasteiger partial charge in [-0.3, -0.25) is 9.69 Å². The average Bonchev–Trinajstić information content (AvgIpc) is 2.71. The predicted octanol–water partition coefficient (Wildman–Crippen LogP) is 1.51. The first kappa shape index (κ1) is 14.8. The number of amides is 1. The molecule has 2 heterocycles. The van der Waals surface area contributed by atoms with E-state index in [2.05, 4.69) is 36.3 Å². The molecule has 2 N–H and O–H groups in total. The molecule has 2 aliphatic rings. The Morgan fingerprint density at radius 2 is 2.00 bits per heavy atom. The fourth-order valence-corrected chi connectivity index (χ4v) is 3.25. The highest BCUT2D eigenvalue weighted by molar-refractivity contribution is 5.76. The maximum atomic E-state index is 12.0. The lowest BCUT2D eigenvalue weighted by Gasteiger charge is -2.32. The largest absolute Gasteiger partial charge is 0.352 e. The molecule has 0 aliphatic carbocycles. The van der Waals surface area contributed by atoms with Gasteiger partial charge in [0.2, 0.25) is 5.91 Å². The Hall–Kier alpha value is -0.610. The maximum absolute atomic E-state index is 12.0. The third kappa shape index (κ3) is 4.46. The zero-order chi connectivity index (χ0) is 13.9. The summed E-state index contributed by atoms with van der Waals surface area (Å²) < 4.78 is 0. The molecule has 0 aromatic rings. The van der Waals surface area contributed by atoms with E-state index in [0.717, 1.165) is 19.5 Å². The van der Waals surface area contributed by atoms with Crippen LogP contribution >= 0.6 is 0 Å². The molecule has 2 unspecified atom stereocenters. The second-order valence-electron chi connectivity index (χ2n) is 6.99. The molecule has 1 amide bonds. The van der Waals surface area contributed by atoms with Gasteiger partial charge in [0, 0.05) is 37.1 Å². The fraction of sp³-hybridized carbons (Fsp3) is 0.933. The van der Waals surface area contributed by atoms with Crippen molar-refractivity contribution in [3.05, 3.63) is 0 Å². The molecule has 2 saturated heterocycles. The normalized spacial score (nSPS) is 28.2. The highest BCUT2D eigenvalue weighted by Crippen LogP contribution is 2.27. The van der Waals surface area contributed by atoms with Crippen molar-refractivity contribution in [3.63, 3.8) is 0 Å². The summed E-state index contributed by atoms with van der Waals surface area (Å²) in [6.07, 6.45) is 5.61. The molecule has 0 bridgehead atoms. The minimum Gasteiger partial charge on any atom is -0.352 e. The summed E-state index contributed by atoms with van der Waals surface area (Å²) >= 11 is 0. The molecule has 19 heavy (non-hydrogen) atoms. The molecule has 4 nitrogen and oxygen atoms in total. The van der Waals surface area contributed by atoms with Crippen molar-refractivity contribution in [1.82, 2.24) is 15.5 Å². The van der Waals surface area contributed by atoms with Crippen LogP contribution in [0.5, 0.6) is 0 Å². The lowest BCUT2D eigenvalue weighted by atomic mass is 9.99. The highest BCUT2D eigenvalue weighted by Gasteiger charge is 2.35. The van der Waals surface area contributed by atoms with E-state index in [1.807, 2.05) is 0 Å². The number of rotatable bonds is 4. The van der Waals surface area contributed by atoms with Crippen LogP contribution in [-0.4, -0.2) is 48.1 Å². The zero-order valence-electron chi connectivity index (χ0n) is 12.7. The van der Waals surface area contributed by atoms with Gasteiger partial charge in [-0.15, -0.1) is 0 Å². The van der Waals surface area contributed by atoms with Crippen molar-refractivity contribution in [3.8, 4) is 0 Å². The summed E-state index contributed by atoms with van der Waals surface area (Å²) in [4.78, 5) is 14.5. The average molecular weight is 267 g/mol. The molecule has 2 rings (SSSR count). The van der Waals surface area contributed by atoms with Crippen LogP contribution in [0.3, 0.4) is 0 Å². The van der Waals surface area contributed by atoms with Gasteiger partial charge in [-0.05, 0) is 46.6 Å². The summed E-state index contributed by atoms with van der Waals surface area (Å²) in [5.74, 6) is 0.203. The Kier molecular flexibility index (Phi) is 4.85. The van der Waals surface area contributed by atoms with Gasteiger partial charge in [0.25, 0.3) is 0 Å². The second-order valence-corrected chi connectivity index (χ2v) is 6.99. The summed E-state index contributed by atoms with van der Waals surface area (Å²) in [5, 5.41) is 6.61. The highest BCUT2D eigenvalue weighted by atomic mass is 16.1. The third-order valence-electron chi connectivity index (χ3n) is 4.21. The van der Waals surface area contributed by atoms with E-state index in [4.69, 9.17) is 0 Å². The Labute approximate surface area is 117 Å². The summed E-state index contributed by atoms with van der Waals surface area (Å²) in [7, 11) is 0. The van der Waals surface area contributed by atoms with Crippen LogP contribution in [0, 0.1) is 0 Å². The molecule has 0 saturated carbocycles. The number of piperidine rings is 1. The molecule has 2 fully saturated rings. The van der Waals surface area contributed by atoms with Crippen LogP contribution in [0.1, 0.15) is 52.9 Å². The van der Waals surface area contributed by atoms with Gasteiger partial charge >= 0.3 is 0 Å². The molecule has 0 aromatic carbocycles. The monoisotopic (exact) mass is 267 g/mol. The lowest BCUT2D eigenvalue weighted by molar-refractivity contribution is -0.122. The van der Waals surface area contributed by atoms with Crippen LogP contribution in [-0.2, 0) is 4.79 Å². The maximum Gasteiger partial charge on any atom is 0.221 e. The molecule has 0 spiro atoms. The molecular weight excluding hydrogens is 238 g/mol. The fourth-order valence-electron chi connectivity index (χ4n) is 3.25. The Bertz CT molecular complexity index is 311. The van der Waals surface area contributed by atoms with Gasteiger partial charge in [-0.1, -0.05) is 6.42 Å². The standard InChI is InChI=1S/C15H29N3O/c1-15(2,3)16-9-7-14(19)17-12-8-11-18-10-5-4-6-13(12)18/h12-13,16H,4-11H2,1-3H3,(H,17,19). The second kappa shape index (κ2) is 6.23. The van der Waals surface area contributed by atoms with Gasteiger partial charge in [-0.2, -0.15) is 0 Å². The van der Waals surface area contributed by atoms with E-state index in [1.54, 1.807) is 0 Å². The van der Waals surface area contributed by atoms with E-state index in [0.29, 0.717) is 18.5 Å². The van der Waals surface area contributed by atoms with Crippen molar-refractivity contribution in [2.24, 2.45) is 0 Å². The van der Waals surface area contributed by atoms with Crippen molar-refractivity contribution < 1.29 is 4.79 Å². The third-order valence-corrected chi connectivity index (χ3v) is 4.21. The number of carbonyl (C=O) groups excluding carboxylic acids is 1. The number of carbonyl (C=O) groups is 1. The molecule has 2 aliphatic heterocycles. The first-order valence-electron chi connectivity index (χ1n) is 7.74. The molecule has 0 radical (unpaired) electrons. The minimum atomic E-state index is 0.0911. The summed E-state index contributed by atoms with van der Waals surface area (Å²) in [5.41, 5.74) is 0.0911. The van der Waals surface area contributed by atoms with Gasteiger partial charge in [-0.25, -0.2) is 0 Å². The van der Waals surface area contributed by atoms with E-state index < -0.39 is 0 Å². The van der Waals surface area contributed by atoms with E-state index >= 15 is 0 Å². The smallest absolute Gasteiger partial charge is 0.221 e. The van der Waals surface area contributed by atoms with Crippen LogP contribution < -0.4 is 10.6 Å². The first-order valence-corrected chi connectivity index (χ1v) is 7.74. The topological polar surface area (TPSA) is 44.4 Å². The molecule has 4 heteroatoms. The van der Waals surface area contributed by atoms with Gasteiger partial charge in [0.15, 0.2) is 0 Å². The van der Waals surface area contributed by atoms with Crippen LogP contribution in [0.4, 0.5) is 0 Å². The molecule has 0 aromatic heterocycles. The van der Waals surface area contributed by atoms with Crippen molar-refractivity contribution in [2.45, 2.75) is 70.5 Å². The minimum absolute atomic E-state index is 0.0911. The predicted molar refractivity (Wildman–Crippen MR) is 78.1 cm³/mol. The molecular formula is C15H29N3O. The SMILES string of the molecule is CC(C)(C)NCCC(=O)NC1CCN2CCCCC12. The lowest BCUT2D eigenvalue weighted by Crippen LogP contribution is -2.47. The van der Waals surface area contributed by atoms with Gasteiger partial charge in [0.05, 0.1) is 0 Å². The van der Waals surface area contributed by atoms with Gasteiger partial charge in [0.1, 0.15) is 0 Å². The summed E-state index contributed by atoms with van der Waals surface area (Å²) in [6, 6.07) is 0.996. The van der Waals surface area contributed by atoms with Crippen molar-refractivity contribution in [1.29, 1.82) is 0 Å². The number of hydrogen-bond acceptors (Lipinski definition) is 3. The van der Waals surface area contributed by atoms with Crippen molar-refractivity contribution >= 4 is 5.91 Å². The van der Waals surface area contributed by atoms with Crippen LogP contribution in [0.25, 0.3) is 0 Å². The van der Waals surface area contributed by atoms with E-state index in [1.165, 1.54) is 25.8 Å². The first-order chi connectivity index (χ1) is 8.96. The van der Waals surface area contributed by atoms with Crippen molar-refractivity contribution in [2.75, 3.05) is 19.6 Å². The Morgan fingerprint density at radius 3 is 2.74 bits per heavy atom. The molecule has 2 atom stereocenters. The Morgan fingerprint density at radius 1 is 1.21 bits per heavy atom. The summed E-state index contributed by atoms with van der Waals surface area (Å²) in [6.45, 7) is 9.53. The number of fused-ring (bicyclic) bond motifs is 1. The van der Waals surface area contributed by atoms with E-state index in [9.17, 15) is 4.79 Å². The quantitative estimate of drug-likeness (QED) is 0.811. The Balaban J connectivity index is 1.70. The number of nitrogens with zero attached hydrogens (tertiary/aromatic N) is 1. The zero-order valence-corrected chi connectivity index (χ0v) is 12.7. The van der Waals surface area contributed by atoms with E-state index in [-0.39, 0.29) is 11.4 Å². The number of nitrogens with one attached hydrogen (secondary N) is 2. The van der Waals surface area contributed by atoms with Crippen LogP contribution in [0.15, 0.2) is 0 Å². The van der Waals surface area contributed by atoms with Crippen LogP contribution in [0.2, 0.25) is 0 Å². The molecule has 110 valence electrons. The number of hydrogen-bond donors (Lipinski definition) is 2.